The van der Waals surface area contributed by atoms with Gasteiger partial charge in [-0.05, 0) is 30.2 Å². The van der Waals surface area contributed by atoms with Crippen molar-refractivity contribution in [3.63, 3.8) is 0 Å². The van der Waals surface area contributed by atoms with Crippen LogP contribution >= 0.6 is 15.9 Å². The van der Waals surface area contributed by atoms with E-state index in [9.17, 15) is 8.42 Å². The van der Waals surface area contributed by atoms with Crippen LogP contribution < -0.4 is 0 Å². The second kappa shape index (κ2) is 6.47. The Morgan fingerprint density at radius 3 is 2.50 bits per heavy atom. The summed E-state index contributed by atoms with van der Waals surface area (Å²) in [6, 6.07) is 8.44. The first-order chi connectivity index (χ1) is 9.53. The average molecular weight is 356 g/mol. The minimum Gasteiger partial charge on any atom is -0.264 e. The fourth-order valence-electron chi connectivity index (χ4n) is 1.62. The molecule has 4 nitrogen and oxygen atoms in total. The number of rotatable bonds is 5. The lowest BCUT2D eigenvalue weighted by molar-refractivity contribution is 0.307. The van der Waals surface area contributed by atoms with Gasteiger partial charge in [-0.1, -0.05) is 35.0 Å². The summed E-state index contributed by atoms with van der Waals surface area (Å²) in [5.74, 6) is 0. The molecule has 0 unspecified atom stereocenters. The van der Waals surface area contributed by atoms with Crippen LogP contribution in [0.15, 0.2) is 52.1 Å². The van der Waals surface area contributed by atoms with Crippen molar-refractivity contribution in [3.05, 3.63) is 58.3 Å². The molecule has 6 heteroatoms. The molecule has 20 heavy (non-hydrogen) atoms. The van der Waals surface area contributed by atoms with Crippen molar-refractivity contribution in [2.24, 2.45) is 0 Å². The highest BCUT2D eigenvalue weighted by atomic mass is 79.9. The Kier molecular flexibility index (Phi) is 4.91. The number of hydrogen-bond acceptors (Lipinski definition) is 4. The highest BCUT2D eigenvalue weighted by Gasteiger charge is 2.15. The largest absolute Gasteiger partial charge is 0.297 e. The summed E-state index contributed by atoms with van der Waals surface area (Å²) in [4.78, 5) is 4.10. The zero-order valence-electron chi connectivity index (χ0n) is 10.9. The molecule has 0 amide bonds. The zero-order chi connectivity index (χ0) is 14.6. The van der Waals surface area contributed by atoms with E-state index in [2.05, 4.69) is 20.9 Å². The number of halogens is 1. The molecule has 0 atom stereocenters. The summed E-state index contributed by atoms with van der Waals surface area (Å²) in [7, 11) is -3.75. The van der Waals surface area contributed by atoms with Crippen molar-refractivity contribution >= 4 is 26.0 Å². The fourth-order valence-corrected chi connectivity index (χ4v) is 2.84. The first kappa shape index (κ1) is 15.2. The molecule has 0 bridgehead atoms. The van der Waals surface area contributed by atoms with Gasteiger partial charge in [-0.25, -0.2) is 0 Å². The molecule has 0 saturated carbocycles. The minimum atomic E-state index is -3.75. The fraction of sp³-hybridized carbons (Fsp3) is 0.214. The SMILES string of the molecule is CCc1ccc(S(=O)(=O)OCc2cnccc2Br)cc1. The standard InChI is InChI=1S/C14H14BrNO3S/c1-2-11-3-5-13(6-4-11)20(17,18)19-10-12-9-16-8-7-14(12)15/h3-9H,2,10H2,1H3. The molecule has 1 aromatic heterocycles. The quantitative estimate of drug-likeness (QED) is 0.772. The molecule has 1 heterocycles. The summed E-state index contributed by atoms with van der Waals surface area (Å²) in [6.45, 7) is 1.96. The molecule has 2 aromatic rings. The highest BCUT2D eigenvalue weighted by molar-refractivity contribution is 9.10. The van der Waals surface area contributed by atoms with Gasteiger partial charge >= 0.3 is 0 Å². The van der Waals surface area contributed by atoms with E-state index in [1.165, 1.54) is 0 Å². The van der Waals surface area contributed by atoms with E-state index in [4.69, 9.17) is 4.18 Å². The van der Waals surface area contributed by atoms with Crippen molar-refractivity contribution in [2.75, 3.05) is 0 Å². The van der Waals surface area contributed by atoms with Crippen LogP contribution in [0, 0.1) is 0 Å². The van der Waals surface area contributed by atoms with Crippen molar-refractivity contribution < 1.29 is 12.6 Å². The monoisotopic (exact) mass is 355 g/mol. The number of hydrogen-bond donors (Lipinski definition) is 0. The van der Waals surface area contributed by atoms with Crippen molar-refractivity contribution in [1.29, 1.82) is 0 Å². The molecular weight excluding hydrogens is 342 g/mol. The summed E-state index contributed by atoms with van der Waals surface area (Å²) >= 11 is 3.32. The third-order valence-electron chi connectivity index (χ3n) is 2.83. The van der Waals surface area contributed by atoms with Crippen LogP contribution in [-0.2, 0) is 27.3 Å². The van der Waals surface area contributed by atoms with Crippen LogP contribution in [0.25, 0.3) is 0 Å². The Bertz CT molecular complexity index is 684. The van der Waals surface area contributed by atoms with E-state index in [1.54, 1.807) is 42.7 Å². The minimum absolute atomic E-state index is 0.0493. The number of benzene rings is 1. The van der Waals surface area contributed by atoms with Crippen molar-refractivity contribution in [3.8, 4) is 0 Å². The maximum absolute atomic E-state index is 12.1. The van der Waals surface area contributed by atoms with Gasteiger partial charge in [-0.15, -0.1) is 0 Å². The maximum Gasteiger partial charge on any atom is 0.297 e. The Hall–Kier alpha value is -1.24. The molecule has 0 fully saturated rings. The first-order valence-electron chi connectivity index (χ1n) is 6.09. The molecule has 1 aromatic carbocycles. The lowest BCUT2D eigenvalue weighted by Crippen LogP contribution is -2.07. The summed E-state index contributed by atoms with van der Waals surface area (Å²) < 4.78 is 29.9. The second-order valence-electron chi connectivity index (χ2n) is 4.18. The topological polar surface area (TPSA) is 56.3 Å². The molecular formula is C14H14BrNO3S. The van der Waals surface area contributed by atoms with E-state index >= 15 is 0 Å². The molecule has 2 rings (SSSR count). The number of pyridine rings is 1. The first-order valence-corrected chi connectivity index (χ1v) is 8.30. The van der Waals surface area contributed by atoms with Crippen LogP contribution in [0.2, 0.25) is 0 Å². The Morgan fingerprint density at radius 2 is 1.90 bits per heavy atom. The third kappa shape index (κ3) is 3.65. The van der Waals surface area contributed by atoms with Gasteiger partial charge in [0.05, 0.1) is 11.5 Å². The van der Waals surface area contributed by atoms with Gasteiger partial charge < -0.3 is 0 Å². The molecule has 0 aliphatic heterocycles. The van der Waals surface area contributed by atoms with Crippen LogP contribution in [0.4, 0.5) is 0 Å². The molecule has 0 N–H and O–H groups in total. The van der Waals surface area contributed by atoms with Crippen molar-refractivity contribution in [2.45, 2.75) is 24.8 Å². The molecule has 106 valence electrons. The van der Waals surface area contributed by atoms with E-state index in [-0.39, 0.29) is 11.5 Å². The summed E-state index contributed by atoms with van der Waals surface area (Å²) in [6.07, 6.45) is 4.05. The van der Waals surface area contributed by atoms with Crippen LogP contribution in [0.5, 0.6) is 0 Å². The predicted octanol–water partition coefficient (Wildman–Crippen LogP) is 3.31. The van der Waals surface area contributed by atoms with Gasteiger partial charge in [0.1, 0.15) is 0 Å². The van der Waals surface area contributed by atoms with Gasteiger partial charge in [-0.3, -0.25) is 9.17 Å². The lowest BCUT2D eigenvalue weighted by atomic mass is 10.2. The van der Waals surface area contributed by atoms with E-state index < -0.39 is 10.1 Å². The van der Waals surface area contributed by atoms with E-state index in [0.717, 1.165) is 16.5 Å². The van der Waals surface area contributed by atoms with Crippen LogP contribution in [0.1, 0.15) is 18.1 Å². The Labute approximate surface area is 127 Å². The zero-order valence-corrected chi connectivity index (χ0v) is 13.3. The predicted molar refractivity (Wildman–Crippen MR) is 79.7 cm³/mol. The summed E-state index contributed by atoms with van der Waals surface area (Å²) in [5, 5.41) is 0. The lowest BCUT2D eigenvalue weighted by Gasteiger charge is -2.07. The Morgan fingerprint density at radius 1 is 1.20 bits per heavy atom. The van der Waals surface area contributed by atoms with E-state index in [0.29, 0.717) is 5.56 Å². The van der Waals surface area contributed by atoms with Gasteiger partial charge in [0.25, 0.3) is 10.1 Å². The van der Waals surface area contributed by atoms with Crippen LogP contribution in [-0.4, -0.2) is 13.4 Å². The van der Waals surface area contributed by atoms with E-state index in [1.807, 2.05) is 6.92 Å². The average Bonchev–Trinajstić information content (AvgIpc) is 2.46. The number of aromatic nitrogens is 1. The van der Waals surface area contributed by atoms with Crippen LogP contribution in [0.3, 0.4) is 0 Å². The molecule has 0 aliphatic rings. The third-order valence-corrected chi connectivity index (χ3v) is 4.89. The second-order valence-corrected chi connectivity index (χ2v) is 6.65. The van der Waals surface area contributed by atoms with Gasteiger partial charge in [0.2, 0.25) is 0 Å². The summed E-state index contributed by atoms with van der Waals surface area (Å²) in [5.41, 5.74) is 1.76. The highest BCUT2D eigenvalue weighted by Crippen LogP contribution is 2.19. The Balaban J connectivity index is 2.13. The maximum atomic E-state index is 12.1. The molecule has 0 aliphatic carbocycles. The van der Waals surface area contributed by atoms with Gasteiger partial charge in [0.15, 0.2) is 0 Å². The molecule has 0 spiro atoms. The number of nitrogens with zero attached hydrogens (tertiary/aromatic N) is 1. The smallest absolute Gasteiger partial charge is 0.264 e. The van der Waals surface area contributed by atoms with Gasteiger partial charge in [-0.2, -0.15) is 8.42 Å². The van der Waals surface area contributed by atoms with Gasteiger partial charge in [0, 0.05) is 22.4 Å². The molecule has 0 saturated heterocycles. The number of aryl methyl sites for hydroxylation is 1. The van der Waals surface area contributed by atoms with Crippen molar-refractivity contribution in [1.82, 2.24) is 4.98 Å². The molecule has 0 radical (unpaired) electrons. The normalized spacial score (nSPS) is 11.5.